The zero-order chi connectivity index (χ0) is 19.9. The Morgan fingerprint density at radius 1 is 1.32 bits per heavy atom. The minimum absolute atomic E-state index is 0.00388. The van der Waals surface area contributed by atoms with E-state index in [2.05, 4.69) is 15.2 Å². The van der Waals surface area contributed by atoms with Crippen LogP contribution in [0.3, 0.4) is 0 Å². The molecule has 1 aromatic heterocycles. The normalized spacial score (nSPS) is 22.1. The van der Waals surface area contributed by atoms with Gasteiger partial charge < -0.3 is 4.90 Å². The molecule has 9 heteroatoms. The van der Waals surface area contributed by atoms with E-state index in [1.54, 1.807) is 25.2 Å². The summed E-state index contributed by atoms with van der Waals surface area (Å²) in [7, 11) is -3.68. The molecule has 0 unspecified atom stereocenters. The van der Waals surface area contributed by atoms with Crippen molar-refractivity contribution in [2.24, 2.45) is 4.40 Å². The van der Waals surface area contributed by atoms with Crippen molar-refractivity contribution >= 4 is 43.4 Å². The molecule has 1 fully saturated rings. The molecule has 1 amide bonds. The molecule has 1 aromatic carbocycles. The van der Waals surface area contributed by atoms with E-state index in [9.17, 15) is 13.2 Å². The van der Waals surface area contributed by atoms with Crippen molar-refractivity contribution in [1.82, 2.24) is 14.6 Å². The fraction of sp³-hybridized carbons (Fsp3) is 0.421. The molecule has 0 saturated carbocycles. The van der Waals surface area contributed by atoms with Gasteiger partial charge in [0.25, 0.3) is 0 Å². The van der Waals surface area contributed by atoms with E-state index in [1.165, 1.54) is 4.70 Å². The molecule has 1 atom stereocenters. The maximum atomic E-state index is 12.9. The second-order valence-electron chi connectivity index (χ2n) is 7.23. The number of hydrogen-bond acceptors (Lipinski definition) is 5. The highest BCUT2D eigenvalue weighted by Gasteiger charge is 2.29. The molecule has 7 nitrogen and oxygen atoms in total. The number of piperidine rings is 1. The Morgan fingerprint density at radius 2 is 2.11 bits per heavy atom. The van der Waals surface area contributed by atoms with Crippen molar-refractivity contribution in [3.63, 3.8) is 0 Å². The van der Waals surface area contributed by atoms with E-state index in [4.69, 9.17) is 4.98 Å². The zero-order valence-electron chi connectivity index (χ0n) is 15.8. The standard InChI is InChI=1S/C19H22N4O3S2/c1-12-15(13(2)22-28(25,26)21-12)10-18(24)23-9-5-6-14(11-23)19-20-16-7-3-4-8-17(16)27-19/h3-4,7-8,14,21H,5-6,9-11H2,1-2H3/t14-/m1/s1. The smallest absolute Gasteiger partial charge is 0.342 e. The summed E-state index contributed by atoms with van der Waals surface area (Å²) in [4.78, 5) is 19.5. The Kier molecular flexibility index (Phi) is 4.96. The highest BCUT2D eigenvalue weighted by Crippen LogP contribution is 2.33. The van der Waals surface area contributed by atoms with Gasteiger partial charge in [0.1, 0.15) is 0 Å². The molecule has 1 N–H and O–H groups in total. The Morgan fingerprint density at radius 3 is 2.86 bits per heavy atom. The molecule has 3 heterocycles. The number of para-hydroxylation sites is 1. The summed E-state index contributed by atoms with van der Waals surface area (Å²) in [5.74, 6) is 0.237. The average Bonchev–Trinajstić information content (AvgIpc) is 3.08. The third-order valence-electron chi connectivity index (χ3n) is 5.19. The van der Waals surface area contributed by atoms with Gasteiger partial charge in [-0.25, -0.2) is 4.98 Å². The first-order valence-electron chi connectivity index (χ1n) is 9.25. The number of rotatable bonds is 3. The van der Waals surface area contributed by atoms with Gasteiger partial charge in [0.15, 0.2) is 0 Å². The Hall–Kier alpha value is -2.26. The zero-order valence-corrected chi connectivity index (χ0v) is 17.4. The molecular weight excluding hydrogens is 396 g/mol. The van der Waals surface area contributed by atoms with Crippen LogP contribution in [-0.2, 0) is 15.0 Å². The van der Waals surface area contributed by atoms with Crippen molar-refractivity contribution in [1.29, 1.82) is 0 Å². The number of nitrogens with zero attached hydrogens (tertiary/aromatic N) is 3. The van der Waals surface area contributed by atoms with E-state index in [-0.39, 0.29) is 18.2 Å². The van der Waals surface area contributed by atoms with Crippen LogP contribution in [0.2, 0.25) is 0 Å². The molecule has 2 aliphatic rings. The van der Waals surface area contributed by atoms with Crippen molar-refractivity contribution in [3.8, 4) is 0 Å². The SMILES string of the molecule is CC1=NS(=O)(=O)NC(C)=C1CC(=O)N1CCC[C@@H](c2nc3ccccc3s2)C1. The first kappa shape index (κ1) is 19.1. The number of nitrogens with one attached hydrogen (secondary N) is 1. The summed E-state index contributed by atoms with van der Waals surface area (Å²) < 4.78 is 30.5. The van der Waals surface area contributed by atoms with E-state index < -0.39 is 10.2 Å². The lowest BCUT2D eigenvalue weighted by molar-refractivity contribution is -0.131. The van der Waals surface area contributed by atoms with Crippen LogP contribution in [0.5, 0.6) is 0 Å². The molecule has 28 heavy (non-hydrogen) atoms. The molecule has 2 aliphatic heterocycles. The molecule has 4 rings (SSSR count). The highest BCUT2D eigenvalue weighted by molar-refractivity contribution is 7.88. The monoisotopic (exact) mass is 418 g/mol. The summed E-state index contributed by atoms with van der Waals surface area (Å²) in [6.45, 7) is 4.66. The number of thiazole rings is 1. The Labute approximate surface area is 168 Å². The molecule has 1 saturated heterocycles. The van der Waals surface area contributed by atoms with Crippen LogP contribution in [0.25, 0.3) is 10.2 Å². The number of aromatic nitrogens is 1. The minimum atomic E-state index is -3.68. The van der Waals surface area contributed by atoms with E-state index >= 15 is 0 Å². The van der Waals surface area contributed by atoms with Gasteiger partial charge in [0, 0.05) is 30.3 Å². The largest absolute Gasteiger partial charge is 0.342 e. The third kappa shape index (κ3) is 3.81. The number of fused-ring (bicyclic) bond motifs is 1. The predicted molar refractivity (Wildman–Crippen MR) is 111 cm³/mol. The van der Waals surface area contributed by atoms with Crippen LogP contribution in [0.4, 0.5) is 0 Å². The van der Waals surface area contributed by atoms with E-state index in [1.807, 2.05) is 23.1 Å². The molecule has 0 aliphatic carbocycles. The fourth-order valence-electron chi connectivity index (χ4n) is 3.78. The van der Waals surface area contributed by atoms with Crippen LogP contribution in [-0.4, -0.2) is 43.0 Å². The summed E-state index contributed by atoms with van der Waals surface area (Å²) >= 11 is 1.70. The maximum Gasteiger partial charge on any atom is 0.342 e. The predicted octanol–water partition coefficient (Wildman–Crippen LogP) is 2.98. The number of carbonyl (C=O) groups excluding carboxylic acids is 1. The number of hydrogen-bond donors (Lipinski definition) is 1. The van der Waals surface area contributed by atoms with Crippen LogP contribution in [0.1, 0.15) is 44.0 Å². The van der Waals surface area contributed by atoms with E-state index in [0.29, 0.717) is 30.1 Å². The second-order valence-corrected chi connectivity index (χ2v) is 9.63. The fourth-order valence-corrected chi connectivity index (χ4v) is 5.90. The topological polar surface area (TPSA) is 91.7 Å². The number of carbonyl (C=O) groups is 1. The number of benzene rings is 1. The summed E-state index contributed by atoms with van der Waals surface area (Å²) in [6.07, 6.45) is 2.10. The van der Waals surface area contributed by atoms with Crippen molar-refractivity contribution in [2.45, 2.75) is 39.0 Å². The molecule has 0 radical (unpaired) electrons. The lowest BCUT2D eigenvalue weighted by Gasteiger charge is -2.32. The van der Waals surface area contributed by atoms with Crippen molar-refractivity contribution < 1.29 is 13.2 Å². The lowest BCUT2D eigenvalue weighted by Crippen LogP contribution is -2.40. The van der Waals surface area contributed by atoms with Crippen LogP contribution in [0.15, 0.2) is 39.9 Å². The quantitative estimate of drug-likeness (QED) is 0.829. The molecule has 0 bridgehead atoms. The molecule has 0 spiro atoms. The molecule has 2 aromatic rings. The van der Waals surface area contributed by atoms with Crippen molar-refractivity contribution in [3.05, 3.63) is 40.5 Å². The van der Waals surface area contributed by atoms with Crippen molar-refractivity contribution in [2.75, 3.05) is 13.1 Å². The minimum Gasteiger partial charge on any atom is -0.342 e. The van der Waals surface area contributed by atoms with Crippen LogP contribution in [0, 0.1) is 0 Å². The van der Waals surface area contributed by atoms with Gasteiger partial charge in [-0.1, -0.05) is 12.1 Å². The Bertz CT molecular complexity index is 1070. The van der Waals surface area contributed by atoms with Crippen LogP contribution >= 0.6 is 11.3 Å². The van der Waals surface area contributed by atoms with Gasteiger partial charge in [-0.2, -0.15) is 8.42 Å². The van der Waals surface area contributed by atoms with Gasteiger partial charge in [-0.3, -0.25) is 9.52 Å². The first-order chi connectivity index (χ1) is 13.3. The number of likely N-dealkylation sites (tertiary alicyclic amines) is 1. The summed E-state index contributed by atoms with van der Waals surface area (Å²) in [5.41, 5.74) is 2.51. The molecular formula is C19H22N4O3S2. The number of amides is 1. The van der Waals surface area contributed by atoms with Gasteiger partial charge >= 0.3 is 10.2 Å². The third-order valence-corrected chi connectivity index (χ3v) is 7.47. The average molecular weight is 419 g/mol. The second kappa shape index (κ2) is 7.29. The van der Waals surface area contributed by atoms with Gasteiger partial charge in [-0.15, -0.1) is 15.7 Å². The van der Waals surface area contributed by atoms with E-state index in [0.717, 1.165) is 23.4 Å². The lowest BCUT2D eigenvalue weighted by atomic mass is 9.97. The highest BCUT2D eigenvalue weighted by atomic mass is 32.2. The summed E-state index contributed by atoms with van der Waals surface area (Å²) in [6, 6.07) is 8.09. The van der Waals surface area contributed by atoms with Gasteiger partial charge in [0.05, 0.1) is 27.4 Å². The Balaban J connectivity index is 1.49. The number of allylic oxidation sites excluding steroid dienone is 1. The first-order valence-corrected chi connectivity index (χ1v) is 11.5. The van der Waals surface area contributed by atoms with Gasteiger partial charge in [0.2, 0.25) is 5.91 Å². The van der Waals surface area contributed by atoms with Crippen LogP contribution < -0.4 is 4.72 Å². The maximum absolute atomic E-state index is 12.9. The van der Waals surface area contributed by atoms with Gasteiger partial charge in [-0.05, 0) is 38.8 Å². The summed E-state index contributed by atoms with van der Waals surface area (Å²) in [5, 5.41) is 1.08. The molecule has 148 valence electrons.